The van der Waals surface area contributed by atoms with Gasteiger partial charge in [-0.15, -0.1) is 5.10 Å². The minimum atomic E-state index is 0.121. The van der Waals surface area contributed by atoms with E-state index in [0.717, 1.165) is 18.8 Å². The smallest absolute Gasteiger partial charge is 0.236 e. The average Bonchev–Trinajstić information content (AvgIpc) is 2.54. The Morgan fingerprint density at radius 3 is 2.60 bits per heavy atom. The summed E-state index contributed by atoms with van der Waals surface area (Å²) in [6.45, 7) is 7.72. The van der Waals surface area contributed by atoms with Crippen LogP contribution in [0.1, 0.15) is 44.9 Å². The predicted molar refractivity (Wildman–Crippen MR) is 60.4 cm³/mol. The molecule has 3 nitrogen and oxygen atoms in total. The number of ether oxygens (including phenoxy) is 1. The molecule has 2 rings (SSSR count). The summed E-state index contributed by atoms with van der Waals surface area (Å²) in [5.41, 5.74) is 2.80. The zero-order valence-corrected chi connectivity index (χ0v) is 10.1. The van der Waals surface area contributed by atoms with E-state index in [-0.39, 0.29) is 5.41 Å². The lowest BCUT2D eigenvalue weighted by Gasteiger charge is -2.22. The molecule has 0 amide bonds. The van der Waals surface area contributed by atoms with Crippen LogP contribution >= 0.6 is 0 Å². The molecule has 0 saturated heterocycles. The normalized spacial score (nSPS) is 16.3. The molecule has 0 bridgehead atoms. The van der Waals surface area contributed by atoms with Gasteiger partial charge in [-0.3, -0.25) is 4.68 Å². The summed E-state index contributed by atoms with van der Waals surface area (Å²) >= 11 is 0. The Kier molecular flexibility index (Phi) is 2.49. The van der Waals surface area contributed by atoms with E-state index < -0.39 is 0 Å². The number of hydrogen-bond donors (Lipinski definition) is 0. The lowest BCUT2D eigenvalue weighted by atomic mass is 9.85. The van der Waals surface area contributed by atoms with E-state index in [4.69, 9.17) is 4.74 Å². The van der Waals surface area contributed by atoms with Crippen LogP contribution < -0.4 is 4.74 Å². The Balaban J connectivity index is 2.54. The van der Waals surface area contributed by atoms with Crippen molar-refractivity contribution >= 4 is 0 Å². The van der Waals surface area contributed by atoms with E-state index in [1.165, 1.54) is 24.1 Å². The molecular weight excluding hydrogens is 188 g/mol. The number of methoxy groups -OCH3 is 1. The van der Waals surface area contributed by atoms with Crippen LogP contribution in [0.25, 0.3) is 0 Å². The zero-order chi connectivity index (χ0) is 11.1. The summed E-state index contributed by atoms with van der Waals surface area (Å²) in [6, 6.07) is 0. The SMILES string of the molecule is COc1nn2c(c1C(C)(C)C)CCCC2. The maximum Gasteiger partial charge on any atom is 0.236 e. The summed E-state index contributed by atoms with van der Waals surface area (Å²) in [6.07, 6.45) is 3.66. The molecule has 1 aliphatic heterocycles. The van der Waals surface area contributed by atoms with Gasteiger partial charge in [0.2, 0.25) is 5.88 Å². The van der Waals surface area contributed by atoms with Crippen LogP contribution in [0.3, 0.4) is 0 Å². The number of hydrogen-bond acceptors (Lipinski definition) is 2. The zero-order valence-electron chi connectivity index (χ0n) is 10.1. The van der Waals surface area contributed by atoms with Gasteiger partial charge in [0.25, 0.3) is 0 Å². The molecule has 0 radical (unpaired) electrons. The Bertz CT molecular complexity index is 360. The molecule has 2 heterocycles. The van der Waals surface area contributed by atoms with Gasteiger partial charge in [-0.05, 0) is 24.7 Å². The fourth-order valence-corrected chi connectivity index (χ4v) is 2.36. The van der Waals surface area contributed by atoms with Crippen LogP contribution in [-0.4, -0.2) is 16.9 Å². The molecular formula is C12H20N2O. The maximum absolute atomic E-state index is 5.39. The molecule has 0 saturated carbocycles. The second-order valence-electron chi connectivity index (χ2n) is 5.26. The average molecular weight is 208 g/mol. The molecule has 0 N–H and O–H groups in total. The Morgan fingerprint density at radius 2 is 2.00 bits per heavy atom. The third kappa shape index (κ3) is 1.75. The lowest BCUT2D eigenvalue weighted by Crippen LogP contribution is -2.18. The second kappa shape index (κ2) is 3.54. The van der Waals surface area contributed by atoms with E-state index >= 15 is 0 Å². The highest BCUT2D eigenvalue weighted by Gasteiger charge is 2.29. The van der Waals surface area contributed by atoms with Crippen molar-refractivity contribution in [3.8, 4) is 5.88 Å². The van der Waals surface area contributed by atoms with Crippen LogP contribution in [0.2, 0.25) is 0 Å². The molecule has 84 valence electrons. The van der Waals surface area contributed by atoms with Crippen molar-refractivity contribution in [3.63, 3.8) is 0 Å². The van der Waals surface area contributed by atoms with Crippen molar-refractivity contribution < 1.29 is 4.74 Å². The van der Waals surface area contributed by atoms with E-state index in [1.54, 1.807) is 7.11 Å². The standard InChI is InChI=1S/C12H20N2O/c1-12(2,3)10-9-7-5-6-8-14(9)13-11(10)15-4/h5-8H2,1-4H3. The Hall–Kier alpha value is -0.990. The van der Waals surface area contributed by atoms with E-state index in [9.17, 15) is 0 Å². The summed E-state index contributed by atoms with van der Waals surface area (Å²) in [4.78, 5) is 0. The van der Waals surface area contributed by atoms with Gasteiger partial charge in [-0.2, -0.15) is 0 Å². The topological polar surface area (TPSA) is 27.1 Å². The van der Waals surface area contributed by atoms with Gasteiger partial charge in [0.1, 0.15) is 0 Å². The van der Waals surface area contributed by atoms with Gasteiger partial charge in [0.15, 0.2) is 0 Å². The second-order valence-corrected chi connectivity index (χ2v) is 5.26. The van der Waals surface area contributed by atoms with Crippen molar-refractivity contribution in [2.24, 2.45) is 0 Å². The van der Waals surface area contributed by atoms with Crippen LogP contribution in [0, 0.1) is 0 Å². The first-order valence-corrected chi connectivity index (χ1v) is 5.68. The fourth-order valence-electron chi connectivity index (χ4n) is 2.36. The molecule has 0 spiro atoms. The highest BCUT2D eigenvalue weighted by Crippen LogP contribution is 2.36. The highest BCUT2D eigenvalue weighted by atomic mass is 16.5. The Morgan fingerprint density at radius 1 is 1.27 bits per heavy atom. The first-order chi connectivity index (χ1) is 7.04. The summed E-state index contributed by atoms with van der Waals surface area (Å²) in [5, 5.41) is 4.53. The van der Waals surface area contributed by atoms with E-state index in [1.807, 2.05) is 0 Å². The van der Waals surface area contributed by atoms with E-state index in [2.05, 4.69) is 30.6 Å². The molecule has 0 atom stereocenters. The first kappa shape index (κ1) is 10.5. The fraction of sp³-hybridized carbons (Fsp3) is 0.750. The number of aryl methyl sites for hydroxylation is 1. The molecule has 1 aliphatic rings. The number of rotatable bonds is 1. The van der Waals surface area contributed by atoms with Crippen molar-refractivity contribution in [1.82, 2.24) is 9.78 Å². The van der Waals surface area contributed by atoms with Gasteiger partial charge < -0.3 is 4.74 Å². The van der Waals surface area contributed by atoms with Gasteiger partial charge in [0, 0.05) is 17.8 Å². The third-order valence-electron chi connectivity index (χ3n) is 3.00. The summed E-state index contributed by atoms with van der Waals surface area (Å²) in [5.74, 6) is 0.819. The maximum atomic E-state index is 5.39. The van der Waals surface area contributed by atoms with Crippen molar-refractivity contribution in [2.45, 2.75) is 52.0 Å². The molecule has 0 aliphatic carbocycles. The summed E-state index contributed by atoms with van der Waals surface area (Å²) in [7, 11) is 1.71. The minimum Gasteiger partial charge on any atom is -0.480 e. The molecule has 0 fully saturated rings. The van der Waals surface area contributed by atoms with Crippen LogP contribution in [0.5, 0.6) is 5.88 Å². The quantitative estimate of drug-likeness (QED) is 0.709. The number of nitrogens with zero attached hydrogens (tertiary/aromatic N) is 2. The van der Waals surface area contributed by atoms with Crippen LogP contribution in [-0.2, 0) is 18.4 Å². The first-order valence-electron chi connectivity index (χ1n) is 5.68. The predicted octanol–water partition coefficient (Wildman–Crippen LogP) is 2.53. The largest absolute Gasteiger partial charge is 0.480 e. The van der Waals surface area contributed by atoms with Crippen molar-refractivity contribution in [3.05, 3.63) is 11.3 Å². The Labute approximate surface area is 91.4 Å². The molecule has 3 heteroatoms. The monoisotopic (exact) mass is 208 g/mol. The lowest BCUT2D eigenvalue weighted by molar-refractivity contribution is 0.375. The number of fused-ring (bicyclic) bond motifs is 1. The molecule has 1 aromatic rings. The highest BCUT2D eigenvalue weighted by molar-refractivity contribution is 5.38. The molecule has 15 heavy (non-hydrogen) atoms. The molecule has 0 aromatic carbocycles. The van der Waals surface area contributed by atoms with Gasteiger partial charge >= 0.3 is 0 Å². The summed E-state index contributed by atoms with van der Waals surface area (Å²) < 4.78 is 7.52. The van der Waals surface area contributed by atoms with Crippen molar-refractivity contribution in [1.29, 1.82) is 0 Å². The van der Waals surface area contributed by atoms with Gasteiger partial charge in [0.05, 0.1) is 7.11 Å². The van der Waals surface area contributed by atoms with Crippen molar-refractivity contribution in [2.75, 3.05) is 7.11 Å². The molecule has 0 unspecified atom stereocenters. The third-order valence-corrected chi connectivity index (χ3v) is 3.00. The molecule has 1 aromatic heterocycles. The van der Waals surface area contributed by atoms with Gasteiger partial charge in [-0.1, -0.05) is 20.8 Å². The van der Waals surface area contributed by atoms with Crippen LogP contribution in [0.15, 0.2) is 0 Å². The van der Waals surface area contributed by atoms with Crippen LogP contribution in [0.4, 0.5) is 0 Å². The number of aromatic nitrogens is 2. The minimum absolute atomic E-state index is 0.121. The van der Waals surface area contributed by atoms with E-state index in [0.29, 0.717) is 0 Å². The van der Waals surface area contributed by atoms with Gasteiger partial charge in [-0.25, -0.2) is 0 Å².